The Morgan fingerprint density at radius 1 is 1.05 bits per heavy atom. The molecule has 1 N–H and O–H groups in total. The van der Waals surface area contributed by atoms with E-state index in [4.69, 9.17) is 4.74 Å². The highest BCUT2D eigenvalue weighted by Crippen LogP contribution is 2.72. The van der Waals surface area contributed by atoms with Crippen LogP contribution in [-0.2, 0) is 25.2 Å². The Labute approximate surface area is 229 Å². The van der Waals surface area contributed by atoms with E-state index in [0.717, 1.165) is 37.2 Å². The fourth-order valence-electron chi connectivity index (χ4n) is 9.22. The molecule has 6 heterocycles. The van der Waals surface area contributed by atoms with Gasteiger partial charge < -0.3 is 15.0 Å². The summed E-state index contributed by atoms with van der Waals surface area (Å²) in [6.07, 6.45) is 9.79. The van der Waals surface area contributed by atoms with E-state index >= 15 is 0 Å². The molecule has 39 heavy (non-hydrogen) atoms. The summed E-state index contributed by atoms with van der Waals surface area (Å²) in [7, 11) is 0. The van der Waals surface area contributed by atoms with E-state index in [0.29, 0.717) is 6.54 Å². The topological polar surface area (TPSA) is 68.4 Å². The Hall–Kier alpha value is -3.42. The van der Waals surface area contributed by atoms with Crippen LogP contribution in [0.25, 0.3) is 0 Å². The second-order valence-electron chi connectivity index (χ2n) is 12.4. The Bertz CT molecular complexity index is 1480. The number of rotatable bonds is 4. The monoisotopic (exact) mass is 522 g/mol. The number of epoxide rings is 1. The van der Waals surface area contributed by atoms with Gasteiger partial charge in [-0.15, -0.1) is 0 Å². The number of fused-ring (bicyclic) bond motifs is 1. The number of carbonyl (C=O) groups excluding carboxylic acids is 2. The lowest BCUT2D eigenvalue weighted by molar-refractivity contribution is -0.137. The molecule has 6 aliphatic rings. The van der Waals surface area contributed by atoms with E-state index in [1.807, 2.05) is 30.1 Å². The second kappa shape index (κ2) is 7.61. The van der Waals surface area contributed by atoms with Gasteiger partial charge in [0.1, 0.15) is 12.3 Å². The number of likely N-dealkylation sites (tertiary alicyclic amines) is 1. The molecule has 6 aliphatic heterocycles. The van der Waals surface area contributed by atoms with E-state index in [2.05, 4.69) is 71.4 Å². The number of anilines is 2. The number of para-hydroxylation sites is 1. The van der Waals surface area contributed by atoms with Gasteiger partial charge in [0.15, 0.2) is 0 Å². The minimum absolute atomic E-state index is 0.00543. The summed E-state index contributed by atoms with van der Waals surface area (Å²) in [5, 5.41) is 3.83. The normalized spacial score (nSPS) is 37.9. The summed E-state index contributed by atoms with van der Waals surface area (Å²) in [4.78, 5) is 33.4. The lowest BCUT2D eigenvalue weighted by atomic mass is 9.50. The number of hydrogen-bond donors (Lipinski definition) is 1. The first-order valence-corrected chi connectivity index (χ1v) is 14.2. The molecule has 7 nitrogen and oxygen atoms in total. The van der Waals surface area contributed by atoms with Crippen molar-refractivity contribution < 1.29 is 14.3 Å². The van der Waals surface area contributed by atoms with Gasteiger partial charge in [-0.2, -0.15) is 0 Å². The van der Waals surface area contributed by atoms with Gasteiger partial charge in [0.2, 0.25) is 12.3 Å². The highest BCUT2D eigenvalue weighted by molar-refractivity contribution is 5.91. The summed E-state index contributed by atoms with van der Waals surface area (Å²) >= 11 is 0. The van der Waals surface area contributed by atoms with Crippen LogP contribution in [0.2, 0.25) is 0 Å². The zero-order chi connectivity index (χ0) is 26.7. The number of allylic oxidation sites excluding steroid dienone is 3. The number of carbonyl (C=O) groups is 2. The Morgan fingerprint density at radius 2 is 1.85 bits per heavy atom. The predicted octanol–water partition coefficient (Wildman–Crippen LogP) is 4.22. The van der Waals surface area contributed by atoms with Gasteiger partial charge >= 0.3 is 0 Å². The van der Waals surface area contributed by atoms with E-state index in [1.54, 1.807) is 6.08 Å². The van der Waals surface area contributed by atoms with Crippen molar-refractivity contribution in [2.75, 3.05) is 23.3 Å². The third-order valence-corrected chi connectivity index (χ3v) is 10.6. The molecule has 2 spiro atoms. The summed E-state index contributed by atoms with van der Waals surface area (Å²) in [5.41, 5.74) is 4.86. The van der Waals surface area contributed by atoms with Crippen LogP contribution in [-0.4, -0.2) is 59.2 Å². The first-order valence-electron chi connectivity index (χ1n) is 14.2. The van der Waals surface area contributed by atoms with E-state index in [1.165, 1.54) is 16.7 Å². The lowest BCUT2D eigenvalue weighted by Gasteiger charge is -2.62. The van der Waals surface area contributed by atoms with E-state index < -0.39 is 0 Å². The van der Waals surface area contributed by atoms with Gasteiger partial charge in [0.05, 0.1) is 23.2 Å². The van der Waals surface area contributed by atoms with Crippen LogP contribution in [0.3, 0.4) is 0 Å². The molecule has 0 saturated carbocycles. The maximum Gasteiger partial charge on any atom is 0.247 e. The van der Waals surface area contributed by atoms with Gasteiger partial charge in [-0.05, 0) is 62.4 Å². The van der Waals surface area contributed by atoms with Crippen LogP contribution in [0.4, 0.5) is 11.4 Å². The predicted molar refractivity (Wildman–Crippen MR) is 149 cm³/mol. The fourth-order valence-corrected chi connectivity index (χ4v) is 9.22. The van der Waals surface area contributed by atoms with Crippen molar-refractivity contribution in [3.05, 3.63) is 83.5 Å². The number of nitrogens with zero attached hydrogens (tertiary/aromatic N) is 3. The number of ether oxygens (including phenoxy) is 1. The van der Waals surface area contributed by atoms with Gasteiger partial charge in [-0.1, -0.05) is 48.6 Å². The molecule has 0 radical (unpaired) electrons. The Morgan fingerprint density at radius 3 is 2.62 bits per heavy atom. The molecule has 2 amide bonds. The molecule has 3 saturated heterocycles. The van der Waals surface area contributed by atoms with Crippen molar-refractivity contribution in [1.82, 2.24) is 9.80 Å². The first-order chi connectivity index (χ1) is 18.9. The maximum absolute atomic E-state index is 13.9. The molecule has 2 aromatic rings. The summed E-state index contributed by atoms with van der Waals surface area (Å²) in [6, 6.07) is 15.0. The summed E-state index contributed by atoms with van der Waals surface area (Å²) < 4.78 is 6.39. The van der Waals surface area contributed by atoms with E-state index in [9.17, 15) is 9.59 Å². The molecule has 7 atom stereocenters. The van der Waals surface area contributed by atoms with Crippen molar-refractivity contribution in [3.8, 4) is 0 Å². The second-order valence-corrected chi connectivity index (χ2v) is 12.4. The quantitative estimate of drug-likeness (QED) is 0.282. The van der Waals surface area contributed by atoms with Crippen molar-refractivity contribution in [3.63, 3.8) is 0 Å². The zero-order valence-corrected chi connectivity index (χ0v) is 22.6. The van der Waals surface area contributed by atoms with Crippen LogP contribution in [0.1, 0.15) is 56.3 Å². The summed E-state index contributed by atoms with van der Waals surface area (Å²) in [6.45, 7) is 7.78. The summed E-state index contributed by atoms with van der Waals surface area (Å²) in [5.74, 6) is 0.0377. The molecule has 0 aromatic heterocycles. The van der Waals surface area contributed by atoms with Crippen LogP contribution >= 0.6 is 0 Å². The average Bonchev–Trinajstić information content (AvgIpc) is 3.31. The lowest BCUT2D eigenvalue weighted by Crippen LogP contribution is -2.73. The minimum atomic E-state index is -0.377. The van der Waals surface area contributed by atoms with Crippen molar-refractivity contribution in [2.45, 2.75) is 74.5 Å². The molecular formula is C32H34N4O3. The number of nitrogens with one attached hydrogen (secondary N) is 1. The molecule has 2 aromatic carbocycles. The Balaban J connectivity index is 1.45. The van der Waals surface area contributed by atoms with Crippen LogP contribution < -0.4 is 10.2 Å². The van der Waals surface area contributed by atoms with Crippen LogP contribution in [0, 0.1) is 0 Å². The number of benzene rings is 2. The largest absolute Gasteiger partial charge is 0.365 e. The first kappa shape index (κ1) is 23.5. The SMILES string of the molecule is CC=CC=CC(=O)N1CCC23c4ccccc4NC4N(C=O)c5cccc6c5C42CCN(C6C2OC2(C)C)C13. The highest BCUT2D eigenvalue weighted by atomic mass is 16.6. The smallest absolute Gasteiger partial charge is 0.247 e. The Kier molecular flexibility index (Phi) is 4.58. The standard InChI is InChI=1S/C32H34N4O3/c1-4-5-6-14-24(38)34-17-15-31-21-11-7-8-12-22(21)33-28-32(31)16-18-35(29(31)34)26(27-30(2,3)39-27)20-10-9-13-23(25(20)32)36(28)19-37/h4-14,19,26-29,33H,15-18H2,1-3H3. The third kappa shape index (κ3) is 2.61. The highest BCUT2D eigenvalue weighted by Gasteiger charge is 2.77. The minimum Gasteiger partial charge on any atom is -0.365 e. The molecular weight excluding hydrogens is 488 g/mol. The average molecular weight is 523 g/mol. The van der Waals surface area contributed by atoms with Gasteiger partial charge in [0, 0.05) is 36.0 Å². The van der Waals surface area contributed by atoms with Crippen molar-refractivity contribution in [2.24, 2.45) is 0 Å². The number of amides is 2. The van der Waals surface area contributed by atoms with Crippen molar-refractivity contribution >= 4 is 23.7 Å². The molecule has 7 heteroatoms. The van der Waals surface area contributed by atoms with E-state index in [-0.39, 0.29) is 46.8 Å². The number of hydrogen-bond acceptors (Lipinski definition) is 5. The molecule has 3 fully saturated rings. The van der Waals surface area contributed by atoms with Crippen LogP contribution in [0.5, 0.6) is 0 Å². The molecule has 7 unspecified atom stereocenters. The molecule has 200 valence electrons. The fraction of sp³-hybridized carbons (Fsp3) is 0.438. The van der Waals surface area contributed by atoms with Crippen LogP contribution in [0.15, 0.2) is 66.8 Å². The zero-order valence-electron chi connectivity index (χ0n) is 22.6. The van der Waals surface area contributed by atoms with Gasteiger partial charge in [-0.25, -0.2) is 0 Å². The maximum atomic E-state index is 13.9. The molecule has 0 aliphatic carbocycles. The van der Waals surface area contributed by atoms with Gasteiger partial charge in [0.25, 0.3) is 0 Å². The molecule has 8 rings (SSSR count). The molecule has 2 bridgehead atoms. The number of piperidine rings is 1. The van der Waals surface area contributed by atoms with Gasteiger partial charge in [-0.3, -0.25) is 19.4 Å². The van der Waals surface area contributed by atoms with Crippen molar-refractivity contribution in [1.29, 1.82) is 0 Å². The third-order valence-electron chi connectivity index (χ3n) is 10.6.